The fraction of sp³-hybridized carbons (Fsp3) is 0.121. The van der Waals surface area contributed by atoms with Gasteiger partial charge in [-0.1, -0.05) is 69.3 Å². The molecule has 3 heterocycles. The third-order valence-corrected chi connectivity index (χ3v) is 7.22. The molecule has 174 valence electrons. The minimum absolute atomic E-state index is 0.0523. The lowest BCUT2D eigenvalue weighted by molar-refractivity contribution is 0.589. The summed E-state index contributed by atoms with van der Waals surface area (Å²) in [6, 6.07) is 34.3. The molecule has 0 aliphatic rings. The van der Waals surface area contributed by atoms with Crippen LogP contribution in [0.1, 0.15) is 26.3 Å². The van der Waals surface area contributed by atoms with Crippen LogP contribution in [-0.2, 0) is 5.41 Å². The SMILES string of the molecule is CC(C)(C)c1ccnc(-c2cccc3c2oc2cc(-n4c5ccccc5c5ccccc54)ccc23)c1. The Balaban J connectivity index is 1.46. The van der Waals surface area contributed by atoms with E-state index in [0.717, 1.165) is 38.9 Å². The molecule has 0 atom stereocenters. The molecule has 3 heteroatoms. The van der Waals surface area contributed by atoms with Gasteiger partial charge in [0, 0.05) is 45.1 Å². The maximum atomic E-state index is 6.57. The van der Waals surface area contributed by atoms with E-state index in [2.05, 4.69) is 122 Å². The second-order valence-electron chi connectivity index (χ2n) is 10.5. The van der Waals surface area contributed by atoms with Gasteiger partial charge in [-0.25, -0.2) is 0 Å². The van der Waals surface area contributed by atoms with Gasteiger partial charge in [0.1, 0.15) is 11.2 Å². The molecule has 0 saturated carbocycles. The molecule has 0 bridgehead atoms. The van der Waals surface area contributed by atoms with Crippen LogP contribution in [-0.4, -0.2) is 9.55 Å². The monoisotopic (exact) mass is 466 g/mol. The lowest BCUT2D eigenvalue weighted by Crippen LogP contribution is -2.11. The summed E-state index contributed by atoms with van der Waals surface area (Å²) in [7, 11) is 0. The maximum absolute atomic E-state index is 6.57. The van der Waals surface area contributed by atoms with Crippen molar-refractivity contribution in [3.63, 3.8) is 0 Å². The van der Waals surface area contributed by atoms with Crippen molar-refractivity contribution < 1.29 is 4.42 Å². The smallest absolute Gasteiger partial charge is 0.144 e. The molecule has 3 aromatic heterocycles. The Hall–Kier alpha value is -4.37. The molecular weight excluding hydrogens is 440 g/mol. The van der Waals surface area contributed by atoms with Crippen molar-refractivity contribution in [2.75, 3.05) is 0 Å². The van der Waals surface area contributed by atoms with Crippen LogP contribution in [0.4, 0.5) is 0 Å². The summed E-state index contributed by atoms with van der Waals surface area (Å²) in [6.07, 6.45) is 1.90. The minimum atomic E-state index is 0.0523. The normalized spacial score (nSPS) is 12.3. The quantitative estimate of drug-likeness (QED) is 0.254. The lowest BCUT2D eigenvalue weighted by Gasteiger charge is -2.19. The molecule has 0 spiro atoms. The van der Waals surface area contributed by atoms with Gasteiger partial charge in [0.05, 0.1) is 16.7 Å². The number of hydrogen-bond donors (Lipinski definition) is 0. The van der Waals surface area contributed by atoms with E-state index in [-0.39, 0.29) is 5.41 Å². The van der Waals surface area contributed by atoms with Gasteiger partial charge in [-0.3, -0.25) is 4.98 Å². The molecule has 0 saturated heterocycles. The average molecular weight is 467 g/mol. The van der Waals surface area contributed by atoms with Crippen LogP contribution >= 0.6 is 0 Å². The first-order valence-electron chi connectivity index (χ1n) is 12.4. The highest BCUT2D eigenvalue weighted by Gasteiger charge is 2.18. The highest BCUT2D eigenvalue weighted by Crippen LogP contribution is 2.38. The molecule has 0 radical (unpaired) electrons. The highest BCUT2D eigenvalue weighted by molar-refractivity contribution is 6.11. The predicted octanol–water partition coefficient (Wildman–Crippen LogP) is 9.04. The molecule has 7 rings (SSSR count). The molecule has 0 aliphatic heterocycles. The third-order valence-electron chi connectivity index (χ3n) is 7.22. The molecule has 0 N–H and O–H groups in total. The number of aromatic nitrogens is 2. The van der Waals surface area contributed by atoms with Crippen molar-refractivity contribution in [1.29, 1.82) is 0 Å². The van der Waals surface area contributed by atoms with E-state index in [1.54, 1.807) is 0 Å². The Bertz CT molecular complexity index is 1880. The Morgan fingerprint density at radius 2 is 1.36 bits per heavy atom. The number of fused-ring (bicyclic) bond motifs is 6. The zero-order chi connectivity index (χ0) is 24.4. The number of para-hydroxylation sites is 3. The van der Waals surface area contributed by atoms with Crippen molar-refractivity contribution in [3.8, 4) is 16.9 Å². The standard InChI is InChI=1S/C33H26N2O/c1-33(2,3)21-17-18-34-28(19-21)27-12-8-11-26-25-16-15-22(20-31(25)36-32(26)27)35-29-13-6-4-9-23(29)24-10-5-7-14-30(24)35/h4-20H,1-3H3. The zero-order valence-electron chi connectivity index (χ0n) is 20.6. The number of rotatable bonds is 2. The highest BCUT2D eigenvalue weighted by atomic mass is 16.3. The molecular formula is C33H26N2O. The number of pyridine rings is 1. The Labute approximate surface area is 209 Å². The number of nitrogens with zero attached hydrogens (tertiary/aromatic N) is 2. The van der Waals surface area contributed by atoms with Crippen molar-refractivity contribution in [2.45, 2.75) is 26.2 Å². The predicted molar refractivity (Wildman–Crippen MR) is 150 cm³/mol. The van der Waals surface area contributed by atoms with Crippen molar-refractivity contribution in [2.24, 2.45) is 0 Å². The van der Waals surface area contributed by atoms with Crippen LogP contribution in [0.3, 0.4) is 0 Å². The van der Waals surface area contributed by atoms with Gasteiger partial charge in [-0.05, 0) is 53.4 Å². The number of benzene rings is 4. The number of furan rings is 1. The molecule has 3 nitrogen and oxygen atoms in total. The second kappa shape index (κ2) is 7.56. The maximum Gasteiger partial charge on any atom is 0.144 e. The Morgan fingerprint density at radius 1 is 0.667 bits per heavy atom. The molecule has 0 unspecified atom stereocenters. The molecule has 0 fully saturated rings. The van der Waals surface area contributed by atoms with Crippen LogP contribution in [0.5, 0.6) is 0 Å². The first kappa shape index (κ1) is 21.0. The Morgan fingerprint density at radius 3 is 2.08 bits per heavy atom. The van der Waals surface area contributed by atoms with Crippen LogP contribution in [0.25, 0.3) is 60.7 Å². The van der Waals surface area contributed by atoms with E-state index in [0.29, 0.717) is 0 Å². The average Bonchev–Trinajstić information content (AvgIpc) is 3.43. The zero-order valence-corrected chi connectivity index (χ0v) is 20.6. The van der Waals surface area contributed by atoms with E-state index in [1.807, 2.05) is 6.20 Å². The Kier molecular flexibility index (Phi) is 4.40. The third kappa shape index (κ3) is 3.09. The topological polar surface area (TPSA) is 31.0 Å². The van der Waals surface area contributed by atoms with Crippen molar-refractivity contribution in [3.05, 3.63) is 109 Å². The fourth-order valence-electron chi connectivity index (χ4n) is 5.37. The summed E-state index contributed by atoms with van der Waals surface area (Å²) < 4.78 is 8.90. The first-order chi connectivity index (χ1) is 17.5. The van der Waals surface area contributed by atoms with Crippen LogP contribution in [0.2, 0.25) is 0 Å². The summed E-state index contributed by atoms with van der Waals surface area (Å²) in [5.74, 6) is 0. The van der Waals surface area contributed by atoms with Gasteiger partial charge < -0.3 is 8.98 Å². The van der Waals surface area contributed by atoms with Gasteiger partial charge in [-0.15, -0.1) is 0 Å². The number of hydrogen-bond acceptors (Lipinski definition) is 2. The van der Waals surface area contributed by atoms with Gasteiger partial charge in [0.15, 0.2) is 0 Å². The minimum Gasteiger partial charge on any atom is -0.455 e. The van der Waals surface area contributed by atoms with E-state index >= 15 is 0 Å². The van der Waals surface area contributed by atoms with Crippen LogP contribution in [0.15, 0.2) is 108 Å². The van der Waals surface area contributed by atoms with E-state index in [1.165, 1.54) is 27.4 Å². The largest absolute Gasteiger partial charge is 0.455 e. The van der Waals surface area contributed by atoms with Gasteiger partial charge in [0.25, 0.3) is 0 Å². The van der Waals surface area contributed by atoms with E-state index in [4.69, 9.17) is 9.40 Å². The van der Waals surface area contributed by atoms with Crippen molar-refractivity contribution in [1.82, 2.24) is 9.55 Å². The molecule has 0 amide bonds. The molecule has 7 aromatic rings. The van der Waals surface area contributed by atoms with Gasteiger partial charge in [0.2, 0.25) is 0 Å². The summed E-state index contributed by atoms with van der Waals surface area (Å²) in [4.78, 5) is 4.71. The van der Waals surface area contributed by atoms with E-state index in [9.17, 15) is 0 Å². The van der Waals surface area contributed by atoms with Gasteiger partial charge >= 0.3 is 0 Å². The fourth-order valence-corrected chi connectivity index (χ4v) is 5.37. The van der Waals surface area contributed by atoms with Gasteiger partial charge in [-0.2, -0.15) is 0 Å². The summed E-state index contributed by atoms with van der Waals surface area (Å²) >= 11 is 0. The first-order valence-corrected chi connectivity index (χ1v) is 12.4. The molecule has 0 aliphatic carbocycles. The lowest BCUT2D eigenvalue weighted by atomic mass is 9.87. The van der Waals surface area contributed by atoms with Crippen molar-refractivity contribution >= 4 is 43.7 Å². The molecule has 36 heavy (non-hydrogen) atoms. The second-order valence-corrected chi connectivity index (χ2v) is 10.5. The summed E-state index contributed by atoms with van der Waals surface area (Å²) in [5, 5.41) is 4.73. The van der Waals surface area contributed by atoms with E-state index < -0.39 is 0 Å². The van der Waals surface area contributed by atoms with Crippen LogP contribution in [0, 0.1) is 0 Å². The summed E-state index contributed by atoms with van der Waals surface area (Å²) in [5.41, 5.74) is 8.51. The van der Waals surface area contributed by atoms with Crippen LogP contribution < -0.4 is 0 Å². The molecule has 4 aromatic carbocycles. The summed E-state index contributed by atoms with van der Waals surface area (Å²) in [6.45, 7) is 6.68.